The number of anilines is 2. The van der Waals surface area contributed by atoms with Crippen LogP contribution >= 0.6 is 11.6 Å². The van der Waals surface area contributed by atoms with E-state index in [9.17, 15) is 4.79 Å². The zero-order chi connectivity index (χ0) is 14.7. The minimum atomic E-state index is -0.266. The largest absolute Gasteiger partial charge is 0.341 e. The molecule has 6 heteroatoms. The number of aromatic nitrogens is 2. The van der Waals surface area contributed by atoms with Gasteiger partial charge in [-0.1, -0.05) is 23.7 Å². The van der Waals surface area contributed by atoms with Crippen LogP contribution in [0, 0.1) is 0 Å². The summed E-state index contributed by atoms with van der Waals surface area (Å²) < 4.78 is 0. The van der Waals surface area contributed by atoms with Crippen LogP contribution in [0.1, 0.15) is 23.2 Å². The van der Waals surface area contributed by atoms with Gasteiger partial charge in [-0.15, -0.1) is 0 Å². The average Bonchev–Trinajstić information content (AvgIpc) is 3.02. The van der Waals surface area contributed by atoms with Crippen molar-refractivity contribution in [2.45, 2.75) is 12.8 Å². The van der Waals surface area contributed by atoms with Gasteiger partial charge >= 0.3 is 0 Å². The van der Waals surface area contributed by atoms with Gasteiger partial charge in [-0.3, -0.25) is 4.79 Å². The standard InChI is InChI=1S/C15H15ClN4O/c16-13-6-2-1-5-12(13)14(21)19-11-9-17-15(18-10-11)20-7-3-4-8-20/h1-2,5-6,9-10H,3-4,7-8H2,(H,19,21). The van der Waals surface area contributed by atoms with Crippen molar-refractivity contribution in [2.24, 2.45) is 0 Å². The van der Waals surface area contributed by atoms with Crippen LogP contribution in [-0.2, 0) is 0 Å². The molecule has 1 amide bonds. The van der Waals surface area contributed by atoms with E-state index in [1.807, 2.05) is 0 Å². The zero-order valence-corrected chi connectivity index (χ0v) is 12.2. The summed E-state index contributed by atoms with van der Waals surface area (Å²) in [5, 5.41) is 3.17. The number of nitrogens with one attached hydrogen (secondary N) is 1. The third-order valence-corrected chi connectivity index (χ3v) is 3.73. The summed E-state index contributed by atoms with van der Waals surface area (Å²) >= 11 is 6.00. The van der Waals surface area contributed by atoms with E-state index in [-0.39, 0.29) is 5.91 Å². The topological polar surface area (TPSA) is 58.1 Å². The Balaban J connectivity index is 1.70. The van der Waals surface area contributed by atoms with Gasteiger partial charge in [-0.05, 0) is 25.0 Å². The number of benzene rings is 1. The monoisotopic (exact) mass is 302 g/mol. The summed E-state index contributed by atoms with van der Waals surface area (Å²) in [6, 6.07) is 6.92. The van der Waals surface area contributed by atoms with E-state index in [2.05, 4.69) is 20.2 Å². The summed E-state index contributed by atoms with van der Waals surface area (Å²) in [4.78, 5) is 22.8. The molecular weight excluding hydrogens is 288 g/mol. The van der Waals surface area contributed by atoms with Crippen LogP contribution in [0.4, 0.5) is 11.6 Å². The molecule has 0 radical (unpaired) electrons. The van der Waals surface area contributed by atoms with Crippen LogP contribution in [0.5, 0.6) is 0 Å². The Morgan fingerprint density at radius 2 is 1.81 bits per heavy atom. The Morgan fingerprint density at radius 1 is 1.14 bits per heavy atom. The van der Waals surface area contributed by atoms with Crippen LogP contribution in [0.25, 0.3) is 0 Å². The van der Waals surface area contributed by atoms with Crippen molar-refractivity contribution in [1.29, 1.82) is 0 Å². The van der Waals surface area contributed by atoms with E-state index in [0.29, 0.717) is 22.2 Å². The first kappa shape index (κ1) is 13.8. The summed E-state index contributed by atoms with van der Waals surface area (Å²) in [7, 11) is 0. The molecule has 5 nitrogen and oxygen atoms in total. The lowest BCUT2D eigenvalue weighted by molar-refractivity contribution is 0.102. The van der Waals surface area contributed by atoms with Gasteiger partial charge < -0.3 is 10.2 Å². The molecule has 1 N–H and O–H groups in total. The van der Waals surface area contributed by atoms with E-state index < -0.39 is 0 Å². The number of carbonyl (C=O) groups excluding carboxylic acids is 1. The number of halogens is 1. The van der Waals surface area contributed by atoms with Gasteiger partial charge in [0, 0.05) is 13.1 Å². The zero-order valence-electron chi connectivity index (χ0n) is 11.4. The Hall–Kier alpha value is -2.14. The Labute approximate surface area is 128 Å². The summed E-state index contributed by atoms with van der Waals surface area (Å²) in [6.07, 6.45) is 5.59. The Kier molecular flexibility index (Phi) is 4.01. The van der Waals surface area contributed by atoms with Crippen LogP contribution in [0.15, 0.2) is 36.7 Å². The lowest BCUT2D eigenvalue weighted by atomic mass is 10.2. The van der Waals surface area contributed by atoms with Crippen molar-refractivity contribution >= 4 is 29.1 Å². The van der Waals surface area contributed by atoms with Gasteiger partial charge in [-0.2, -0.15) is 0 Å². The predicted molar refractivity (Wildman–Crippen MR) is 82.9 cm³/mol. The molecule has 0 unspecified atom stereocenters. The number of amides is 1. The molecule has 3 rings (SSSR count). The van der Waals surface area contributed by atoms with Crippen LogP contribution < -0.4 is 10.2 Å². The maximum Gasteiger partial charge on any atom is 0.257 e. The molecule has 1 saturated heterocycles. The van der Waals surface area contributed by atoms with Gasteiger partial charge in [0.2, 0.25) is 5.95 Å². The van der Waals surface area contributed by atoms with Gasteiger partial charge in [-0.25, -0.2) is 9.97 Å². The minimum Gasteiger partial charge on any atom is -0.341 e. The smallest absolute Gasteiger partial charge is 0.257 e. The molecule has 2 aromatic rings. The first-order valence-electron chi connectivity index (χ1n) is 6.87. The molecule has 1 aliphatic rings. The van der Waals surface area contributed by atoms with Crippen LogP contribution in [0.3, 0.4) is 0 Å². The van der Waals surface area contributed by atoms with Crippen molar-refractivity contribution in [3.05, 3.63) is 47.2 Å². The third-order valence-electron chi connectivity index (χ3n) is 3.40. The molecule has 0 aliphatic carbocycles. The van der Waals surface area contributed by atoms with Crippen molar-refractivity contribution < 1.29 is 4.79 Å². The van der Waals surface area contributed by atoms with Crippen LogP contribution in [-0.4, -0.2) is 29.0 Å². The molecule has 2 heterocycles. The Bertz CT molecular complexity index is 638. The third kappa shape index (κ3) is 3.13. The molecule has 1 aromatic carbocycles. The van der Waals surface area contributed by atoms with Gasteiger partial charge in [0.15, 0.2) is 0 Å². The maximum atomic E-state index is 12.1. The van der Waals surface area contributed by atoms with E-state index in [1.54, 1.807) is 36.7 Å². The van der Waals surface area contributed by atoms with E-state index in [4.69, 9.17) is 11.6 Å². The highest BCUT2D eigenvalue weighted by molar-refractivity contribution is 6.34. The average molecular weight is 303 g/mol. The highest BCUT2D eigenvalue weighted by atomic mass is 35.5. The predicted octanol–water partition coefficient (Wildman–Crippen LogP) is 2.98. The molecule has 1 aromatic heterocycles. The molecule has 0 bridgehead atoms. The second kappa shape index (κ2) is 6.10. The molecule has 0 spiro atoms. The molecule has 1 fully saturated rings. The number of hydrogen-bond donors (Lipinski definition) is 1. The van der Waals surface area contributed by atoms with Gasteiger partial charge in [0.25, 0.3) is 5.91 Å². The van der Waals surface area contributed by atoms with Crippen LogP contribution in [0.2, 0.25) is 5.02 Å². The fourth-order valence-corrected chi connectivity index (χ4v) is 2.53. The molecule has 1 aliphatic heterocycles. The summed E-state index contributed by atoms with van der Waals surface area (Å²) in [5.41, 5.74) is 0.991. The molecule has 0 atom stereocenters. The number of carbonyl (C=O) groups is 1. The second-order valence-corrected chi connectivity index (χ2v) is 5.31. The minimum absolute atomic E-state index is 0.266. The van der Waals surface area contributed by atoms with E-state index >= 15 is 0 Å². The SMILES string of the molecule is O=C(Nc1cnc(N2CCCC2)nc1)c1ccccc1Cl. The number of nitrogens with zero attached hydrogens (tertiary/aromatic N) is 3. The first-order chi connectivity index (χ1) is 10.2. The van der Waals surface area contributed by atoms with Crippen molar-refractivity contribution in [2.75, 3.05) is 23.3 Å². The quantitative estimate of drug-likeness (QED) is 0.947. The molecule has 108 valence electrons. The lowest BCUT2D eigenvalue weighted by Gasteiger charge is -2.14. The highest BCUT2D eigenvalue weighted by Gasteiger charge is 2.15. The first-order valence-corrected chi connectivity index (χ1v) is 7.25. The molecule has 0 saturated carbocycles. The highest BCUT2D eigenvalue weighted by Crippen LogP contribution is 2.18. The Morgan fingerprint density at radius 3 is 2.48 bits per heavy atom. The molecular formula is C15H15ClN4O. The number of rotatable bonds is 3. The van der Waals surface area contributed by atoms with Gasteiger partial charge in [0.05, 0.1) is 28.7 Å². The van der Waals surface area contributed by atoms with Crippen molar-refractivity contribution in [3.63, 3.8) is 0 Å². The molecule has 21 heavy (non-hydrogen) atoms. The van der Waals surface area contributed by atoms with Gasteiger partial charge in [0.1, 0.15) is 0 Å². The van der Waals surface area contributed by atoms with E-state index in [1.165, 1.54) is 12.8 Å². The second-order valence-electron chi connectivity index (χ2n) is 4.90. The summed E-state index contributed by atoms with van der Waals surface area (Å²) in [6.45, 7) is 1.98. The summed E-state index contributed by atoms with van der Waals surface area (Å²) in [5.74, 6) is 0.446. The van der Waals surface area contributed by atoms with E-state index in [0.717, 1.165) is 13.1 Å². The normalized spacial score (nSPS) is 14.2. The number of hydrogen-bond acceptors (Lipinski definition) is 4. The van der Waals surface area contributed by atoms with Crippen molar-refractivity contribution in [1.82, 2.24) is 9.97 Å². The maximum absolute atomic E-state index is 12.1. The fourth-order valence-electron chi connectivity index (χ4n) is 2.31. The van der Waals surface area contributed by atoms with Crippen molar-refractivity contribution in [3.8, 4) is 0 Å². The fraction of sp³-hybridized carbons (Fsp3) is 0.267. The lowest BCUT2D eigenvalue weighted by Crippen LogP contribution is -2.20.